The van der Waals surface area contributed by atoms with Crippen LogP contribution in [-0.2, 0) is 4.79 Å². The van der Waals surface area contributed by atoms with E-state index in [1.807, 2.05) is 75.4 Å². The van der Waals surface area contributed by atoms with Crippen molar-refractivity contribution in [2.75, 3.05) is 5.32 Å². The van der Waals surface area contributed by atoms with Crippen molar-refractivity contribution >= 4 is 44.4 Å². The quantitative estimate of drug-likeness (QED) is 0.197. The summed E-state index contributed by atoms with van der Waals surface area (Å²) in [6.45, 7) is 5.85. The normalized spacial score (nSPS) is 10.9. The third kappa shape index (κ3) is 5.60. The van der Waals surface area contributed by atoms with Crippen molar-refractivity contribution in [1.82, 2.24) is 4.98 Å². The molecule has 0 aliphatic carbocycles. The fraction of sp³-hybridized carbons (Fsp3) is 0.207. The fourth-order valence-corrected chi connectivity index (χ4v) is 4.36. The lowest BCUT2D eigenvalue weighted by Crippen LogP contribution is -2.17. The summed E-state index contributed by atoms with van der Waals surface area (Å²) in [7, 11) is 0. The number of halogens is 1. The van der Waals surface area contributed by atoms with Crippen molar-refractivity contribution in [1.29, 1.82) is 0 Å². The molecule has 1 N–H and O–H groups in total. The number of pyridine rings is 1. The van der Waals surface area contributed by atoms with Crippen LogP contribution in [0.1, 0.15) is 47.7 Å². The van der Waals surface area contributed by atoms with Crippen LogP contribution >= 0.6 is 15.9 Å². The molecule has 0 spiro atoms. The van der Waals surface area contributed by atoms with Gasteiger partial charge in [-0.3, -0.25) is 9.59 Å². The average Bonchev–Trinajstić information content (AvgIpc) is 2.84. The smallest absolute Gasteiger partial charge is 0.311 e. The first-order chi connectivity index (χ1) is 16.9. The predicted molar refractivity (Wildman–Crippen MR) is 144 cm³/mol. The number of nitrogens with zero attached hydrogens (tertiary/aromatic N) is 1. The molecule has 0 atom stereocenters. The van der Waals surface area contributed by atoms with Gasteiger partial charge in [-0.15, -0.1) is 0 Å². The molecule has 1 heterocycles. The van der Waals surface area contributed by atoms with Crippen LogP contribution in [0.4, 0.5) is 5.69 Å². The van der Waals surface area contributed by atoms with E-state index in [1.54, 1.807) is 12.1 Å². The minimum Gasteiger partial charge on any atom is -0.424 e. The SMILES string of the molecule is CCCCC(=O)Oc1cc(C)ccc1NC(=O)c1c(C)c(-c2ccccc2)nc2ccc(Br)cc12. The molecule has 4 rings (SSSR count). The molecular weight excluding hydrogens is 504 g/mol. The number of aromatic nitrogens is 1. The van der Waals surface area contributed by atoms with E-state index >= 15 is 0 Å². The molecule has 1 aromatic heterocycles. The van der Waals surface area contributed by atoms with Crippen LogP contribution < -0.4 is 10.1 Å². The molecule has 0 saturated carbocycles. The Hall–Kier alpha value is -3.51. The Kier molecular flexibility index (Phi) is 7.61. The predicted octanol–water partition coefficient (Wildman–Crippen LogP) is 7.63. The van der Waals surface area contributed by atoms with Crippen molar-refractivity contribution in [2.24, 2.45) is 0 Å². The summed E-state index contributed by atoms with van der Waals surface area (Å²) in [6.07, 6.45) is 1.99. The van der Waals surface area contributed by atoms with Gasteiger partial charge in [0, 0.05) is 21.8 Å². The van der Waals surface area contributed by atoms with Gasteiger partial charge in [0.2, 0.25) is 0 Å². The average molecular weight is 531 g/mol. The number of aryl methyl sites for hydroxylation is 1. The number of nitrogens with one attached hydrogen (secondary N) is 1. The second-order valence-corrected chi connectivity index (χ2v) is 9.43. The molecule has 3 aromatic carbocycles. The third-order valence-electron chi connectivity index (χ3n) is 5.81. The van der Waals surface area contributed by atoms with Crippen LogP contribution in [0.25, 0.3) is 22.2 Å². The summed E-state index contributed by atoms with van der Waals surface area (Å²) in [5.74, 6) is -0.256. The molecule has 0 aliphatic rings. The molecule has 178 valence electrons. The van der Waals surface area contributed by atoms with Gasteiger partial charge in [-0.25, -0.2) is 4.98 Å². The number of benzene rings is 3. The van der Waals surface area contributed by atoms with Gasteiger partial charge in [0.25, 0.3) is 5.91 Å². The molecule has 0 radical (unpaired) electrons. The maximum absolute atomic E-state index is 13.7. The van der Waals surface area contributed by atoms with E-state index in [4.69, 9.17) is 9.72 Å². The number of rotatable bonds is 7. The van der Waals surface area contributed by atoms with Crippen molar-refractivity contribution < 1.29 is 14.3 Å². The van der Waals surface area contributed by atoms with Crippen LogP contribution in [0, 0.1) is 13.8 Å². The second kappa shape index (κ2) is 10.8. The van der Waals surface area contributed by atoms with Gasteiger partial charge in [-0.1, -0.05) is 65.7 Å². The number of fused-ring (bicyclic) bond motifs is 1. The van der Waals surface area contributed by atoms with E-state index in [2.05, 4.69) is 21.2 Å². The molecule has 0 saturated heterocycles. The van der Waals surface area contributed by atoms with Crippen LogP contribution in [0.5, 0.6) is 5.75 Å². The van der Waals surface area contributed by atoms with Gasteiger partial charge < -0.3 is 10.1 Å². The zero-order valence-electron chi connectivity index (χ0n) is 20.0. The Morgan fingerprint density at radius 1 is 1.00 bits per heavy atom. The number of hydrogen-bond acceptors (Lipinski definition) is 4. The van der Waals surface area contributed by atoms with E-state index in [-0.39, 0.29) is 11.9 Å². The maximum Gasteiger partial charge on any atom is 0.311 e. The summed E-state index contributed by atoms with van der Waals surface area (Å²) in [5.41, 5.74) is 5.09. The Balaban J connectivity index is 1.78. The van der Waals surface area contributed by atoms with Crippen molar-refractivity contribution in [3.63, 3.8) is 0 Å². The van der Waals surface area contributed by atoms with Gasteiger partial charge >= 0.3 is 5.97 Å². The van der Waals surface area contributed by atoms with E-state index in [0.717, 1.165) is 50.6 Å². The van der Waals surface area contributed by atoms with Crippen molar-refractivity contribution in [2.45, 2.75) is 40.0 Å². The van der Waals surface area contributed by atoms with Gasteiger partial charge in [0.1, 0.15) is 0 Å². The molecular formula is C29H27BrN2O3. The number of esters is 1. The number of amides is 1. The molecule has 1 amide bonds. The molecule has 0 unspecified atom stereocenters. The Labute approximate surface area is 213 Å². The maximum atomic E-state index is 13.7. The van der Waals surface area contributed by atoms with Crippen molar-refractivity contribution in [3.05, 3.63) is 87.9 Å². The molecule has 0 bridgehead atoms. The zero-order valence-corrected chi connectivity index (χ0v) is 21.6. The number of carbonyl (C=O) groups excluding carboxylic acids is 2. The lowest BCUT2D eigenvalue weighted by molar-refractivity contribution is -0.134. The van der Waals surface area contributed by atoms with Crippen LogP contribution in [0.3, 0.4) is 0 Å². The van der Waals surface area contributed by atoms with Crippen molar-refractivity contribution in [3.8, 4) is 17.0 Å². The largest absolute Gasteiger partial charge is 0.424 e. The minimum atomic E-state index is -0.311. The summed E-state index contributed by atoms with van der Waals surface area (Å²) in [5, 5.41) is 3.73. The number of unbranched alkanes of at least 4 members (excludes halogenated alkanes) is 1. The first kappa shape index (κ1) is 24.6. The van der Waals surface area contributed by atoms with E-state index < -0.39 is 0 Å². The Bertz CT molecular complexity index is 1400. The molecule has 5 nitrogen and oxygen atoms in total. The fourth-order valence-electron chi connectivity index (χ4n) is 4.00. The van der Waals surface area contributed by atoms with Gasteiger partial charge in [-0.05, 0) is 61.7 Å². The third-order valence-corrected chi connectivity index (χ3v) is 6.30. The highest BCUT2D eigenvalue weighted by Gasteiger charge is 2.21. The first-order valence-corrected chi connectivity index (χ1v) is 12.4. The minimum absolute atomic E-state index is 0.292. The molecule has 4 aromatic rings. The summed E-state index contributed by atoms with van der Waals surface area (Å²) < 4.78 is 6.48. The number of ether oxygens (including phenoxy) is 1. The molecule has 0 fully saturated rings. The monoisotopic (exact) mass is 530 g/mol. The van der Waals surface area contributed by atoms with E-state index in [0.29, 0.717) is 23.4 Å². The summed E-state index contributed by atoms with van der Waals surface area (Å²) in [6, 6.07) is 20.9. The lowest BCUT2D eigenvalue weighted by Gasteiger charge is -2.17. The van der Waals surface area contributed by atoms with Crippen LogP contribution in [-0.4, -0.2) is 16.9 Å². The number of hydrogen-bond donors (Lipinski definition) is 1. The lowest BCUT2D eigenvalue weighted by atomic mass is 9.97. The second-order valence-electron chi connectivity index (χ2n) is 8.52. The Morgan fingerprint density at radius 3 is 2.51 bits per heavy atom. The Morgan fingerprint density at radius 2 is 1.77 bits per heavy atom. The molecule has 0 aliphatic heterocycles. The summed E-state index contributed by atoms with van der Waals surface area (Å²) in [4.78, 5) is 30.9. The molecule has 35 heavy (non-hydrogen) atoms. The first-order valence-electron chi connectivity index (χ1n) is 11.7. The van der Waals surface area contributed by atoms with Crippen LogP contribution in [0.15, 0.2) is 71.2 Å². The van der Waals surface area contributed by atoms with Crippen LogP contribution in [0.2, 0.25) is 0 Å². The highest BCUT2D eigenvalue weighted by Crippen LogP contribution is 2.33. The zero-order chi connectivity index (χ0) is 24.9. The highest BCUT2D eigenvalue weighted by atomic mass is 79.9. The molecule has 6 heteroatoms. The summed E-state index contributed by atoms with van der Waals surface area (Å²) >= 11 is 3.52. The topological polar surface area (TPSA) is 68.3 Å². The standard InChI is InChI=1S/C29H27BrN2O3/c1-4-5-11-26(33)35-25-16-18(2)12-14-24(25)32-29(34)27-19(3)28(20-9-7-6-8-10-20)31-23-15-13-21(30)17-22(23)27/h6-10,12-17H,4-5,11H2,1-3H3,(H,32,34). The van der Waals surface area contributed by atoms with Gasteiger partial charge in [0.05, 0.1) is 22.5 Å². The van der Waals surface area contributed by atoms with Gasteiger partial charge in [0.15, 0.2) is 5.75 Å². The highest BCUT2D eigenvalue weighted by molar-refractivity contribution is 9.10. The number of anilines is 1. The van der Waals surface area contributed by atoms with E-state index in [1.165, 1.54) is 0 Å². The van der Waals surface area contributed by atoms with Gasteiger partial charge in [-0.2, -0.15) is 0 Å². The van der Waals surface area contributed by atoms with E-state index in [9.17, 15) is 9.59 Å². The number of carbonyl (C=O) groups is 2.